The molecule has 0 bridgehead atoms. The molecule has 0 amide bonds. The van der Waals surface area contributed by atoms with E-state index in [1.54, 1.807) is 5.57 Å². The Hall–Kier alpha value is -3.41. The van der Waals surface area contributed by atoms with Crippen molar-refractivity contribution in [1.29, 1.82) is 5.26 Å². The molecule has 36 heavy (non-hydrogen) atoms. The molecule has 0 saturated carbocycles. The summed E-state index contributed by atoms with van der Waals surface area (Å²) in [6.07, 6.45) is 8.68. The molecule has 1 saturated heterocycles. The number of nitrogens with zero attached hydrogens (tertiary/aromatic N) is 2. The first kappa shape index (κ1) is 24.3. The van der Waals surface area contributed by atoms with Crippen LogP contribution in [0, 0.1) is 17.2 Å². The molecule has 1 heterocycles. The Morgan fingerprint density at radius 1 is 0.806 bits per heavy atom. The second kappa shape index (κ2) is 10.7. The number of hydrogen-bond donors (Lipinski definition) is 0. The number of nitriles is 1. The van der Waals surface area contributed by atoms with Gasteiger partial charge in [-0.2, -0.15) is 5.26 Å². The fourth-order valence-corrected chi connectivity index (χ4v) is 6.08. The summed E-state index contributed by atoms with van der Waals surface area (Å²) < 4.78 is 0. The SMILES string of the molecule is CC(C)C(C#N)(CCCN1CCC(=C2c3ccccc3C=Cc3ccccc32)CC1)c1ccccc1. The largest absolute Gasteiger partial charge is 0.303 e. The predicted molar refractivity (Wildman–Crippen MR) is 151 cm³/mol. The molecule has 1 aliphatic carbocycles. The van der Waals surface area contributed by atoms with Gasteiger partial charge in [0.15, 0.2) is 0 Å². The summed E-state index contributed by atoms with van der Waals surface area (Å²) in [5, 5.41) is 10.2. The zero-order valence-corrected chi connectivity index (χ0v) is 21.6. The van der Waals surface area contributed by atoms with Gasteiger partial charge >= 0.3 is 0 Å². The van der Waals surface area contributed by atoms with Gasteiger partial charge in [-0.3, -0.25) is 0 Å². The molecule has 0 aromatic heterocycles. The van der Waals surface area contributed by atoms with Gasteiger partial charge in [0, 0.05) is 13.1 Å². The summed E-state index contributed by atoms with van der Waals surface area (Å²) in [5.41, 5.74) is 9.10. The van der Waals surface area contributed by atoms with Crippen molar-refractivity contribution in [1.82, 2.24) is 4.90 Å². The van der Waals surface area contributed by atoms with Crippen LogP contribution in [0.3, 0.4) is 0 Å². The Bertz CT molecular complexity index is 1250. The van der Waals surface area contributed by atoms with Crippen LogP contribution >= 0.6 is 0 Å². The Kier molecular flexibility index (Phi) is 7.21. The van der Waals surface area contributed by atoms with Gasteiger partial charge in [0.2, 0.25) is 0 Å². The summed E-state index contributed by atoms with van der Waals surface area (Å²) in [6.45, 7) is 7.60. The van der Waals surface area contributed by atoms with Gasteiger partial charge in [0.25, 0.3) is 0 Å². The van der Waals surface area contributed by atoms with Crippen molar-refractivity contribution in [3.63, 3.8) is 0 Å². The molecular formula is C34H36N2. The third kappa shape index (κ3) is 4.69. The highest BCUT2D eigenvalue weighted by Gasteiger charge is 2.35. The van der Waals surface area contributed by atoms with Crippen molar-refractivity contribution < 1.29 is 0 Å². The number of likely N-dealkylation sites (tertiary alicyclic amines) is 1. The van der Waals surface area contributed by atoms with E-state index >= 15 is 0 Å². The highest BCUT2D eigenvalue weighted by atomic mass is 15.1. The van der Waals surface area contributed by atoms with Crippen LogP contribution in [-0.2, 0) is 5.41 Å². The van der Waals surface area contributed by atoms with Crippen molar-refractivity contribution >= 4 is 17.7 Å². The minimum Gasteiger partial charge on any atom is -0.303 e. The summed E-state index contributed by atoms with van der Waals surface area (Å²) >= 11 is 0. The van der Waals surface area contributed by atoms with Gasteiger partial charge in [-0.15, -0.1) is 0 Å². The van der Waals surface area contributed by atoms with Crippen LogP contribution in [0.15, 0.2) is 84.4 Å². The Labute approximate surface area is 216 Å². The number of fused-ring (bicyclic) bond motifs is 2. The molecule has 0 N–H and O–H groups in total. The maximum Gasteiger partial charge on any atom is 0.0845 e. The highest BCUT2D eigenvalue weighted by Crippen LogP contribution is 2.39. The van der Waals surface area contributed by atoms with E-state index in [1.165, 1.54) is 27.8 Å². The van der Waals surface area contributed by atoms with E-state index in [9.17, 15) is 5.26 Å². The van der Waals surface area contributed by atoms with Gasteiger partial charge < -0.3 is 4.90 Å². The molecular weight excluding hydrogens is 436 g/mol. The smallest absolute Gasteiger partial charge is 0.0845 e. The lowest BCUT2D eigenvalue weighted by molar-refractivity contribution is 0.238. The molecule has 1 aliphatic heterocycles. The van der Waals surface area contributed by atoms with Gasteiger partial charge in [0.1, 0.15) is 0 Å². The maximum absolute atomic E-state index is 10.2. The van der Waals surface area contributed by atoms with E-state index in [2.05, 4.69) is 110 Å². The first-order valence-corrected chi connectivity index (χ1v) is 13.4. The second-order valence-corrected chi connectivity index (χ2v) is 10.5. The van der Waals surface area contributed by atoms with Crippen LogP contribution in [0.25, 0.3) is 17.7 Å². The van der Waals surface area contributed by atoms with Crippen molar-refractivity contribution in [2.75, 3.05) is 19.6 Å². The highest BCUT2D eigenvalue weighted by molar-refractivity contribution is 5.94. The monoisotopic (exact) mass is 472 g/mol. The number of piperidine rings is 1. The lowest BCUT2D eigenvalue weighted by Gasteiger charge is -2.34. The summed E-state index contributed by atoms with van der Waals surface area (Å²) in [4.78, 5) is 2.60. The molecule has 0 spiro atoms. The molecule has 2 nitrogen and oxygen atoms in total. The van der Waals surface area contributed by atoms with E-state index < -0.39 is 5.41 Å². The number of benzene rings is 3. The standard InChI is InChI=1S/C34H36N2/c1-26(2)34(25-35,30-13-4-3-5-14-30)21-10-22-36-23-19-29(20-24-36)33-31-15-8-6-11-27(31)17-18-28-12-7-9-16-32(28)33/h3-9,11-18,26H,10,19-24H2,1-2H3. The van der Waals surface area contributed by atoms with E-state index in [4.69, 9.17) is 0 Å². The van der Waals surface area contributed by atoms with E-state index in [0.29, 0.717) is 0 Å². The first-order chi connectivity index (χ1) is 17.6. The normalized spacial score (nSPS) is 17.2. The summed E-state index contributed by atoms with van der Waals surface area (Å²) in [5.74, 6) is 0.284. The average molecular weight is 473 g/mol. The van der Waals surface area contributed by atoms with Crippen molar-refractivity contribution in [2.24, 2.45) is 5.92 Å². The van der Waals surface area contributed by atoms with Crippen LogP contribution in [0.2, 0.25) is 0 Å². The fraction of sp³-hybridized carbons (Fsp3) is 0.324. The van der Waals surface area contributed by atoms with Crippen LogP contribution in [0.4, 0.5) is 0 Å². The minimum atomic E-state index is -0.412. The Balaban J connectivity index is 1.31. The molecule has 1 atom stereocenters. The van der Waals surface area contributed by atoms with Gasteiger partial charge in [-0.05, 0) is 71.5 Å². The topological polar surface area (TPSA) is 27.0 Å². The van der Waals surface area contributed by atoms with Crippen LogP contribution in [0.1, 0.15) is 67.3 Å². The van der Waals surface area contributed by atoms with Crippen molar-refractivity contribution in [3.8, 4) is 6.07 Å². The molecule has 2 aliphatic rings. The van der Waals surface area contributed by atoms with Gasteiger partial charge in [-0.1, -0.05) is 110 Å². The quantitative estimate of drug-likeness (QED) is 0.284. The number of rotatable bonds is 6. The first-order valence-electron chi connectivity index (χ1n) is 13.4. The predicted octanol–water partition coefficient (Wildman–Crippen LogP) is 7.97. The minimum absolute atomic E-state index is 0.284. The molecule has 1 unspecified atom stereocenters. The maximum atomic E-state index is 10.2. The molecule has 3 aromatic rings. The lowest BCUT2D eigenvalue weighted by atomic mass is 9.70. The fourth-order valence-electron chi connectivity index (χ4n) is 6.08. The molecule has 3 aromatic carbocycles. The van der Waals surface area contributed by atoms with Crippen molar-refractivity contribution in [2.45, 2.75) is 44.9 Å². The average Bonchev–Trinajstić information content (AvgIpc) is 3.09. The zero-order chi connectivity index (χ0) is 25.0. The van der Waals surface area contributed by atoms with Gasteiger partial charge in [0.05, 0.1) is 11.5 Å². The van der Waals surface area contributed by atoms with E-state index in [-0.39, 0.29) is 5.92 Å². The summed E-state index contributed by atoms with van der Waals surface area (Å²) in [7, 11) is 0. The summed E-state index contributed by atoms with van der Waals surface area (Å²) in [6, 6.07) is 30.8. The van der Waals surface area contributed by atoms with Crippen LogP contribution in [-0.4, -0.2) is 24.5 Å². The van der Waals surface area contributed by atoms with Crippen molar-refractivity contribution in [3.05, 3.63) is 112 Å². The molecule has 1 fully saturated rings. The number of hydrogen-bond acceptors (Lipinski definition) is 2. The zero-order valence-electron chi connectivity index (χ0n) is 21.6. The molecule has 0 radical (unpaired) electrons. The Morgan fingerprint density at radius 3 is 1.92 bits per heavy atom. The van der Waals surface area contributed by atoms with Gasteiger partial charge in [-0.25, -0.2) is 0 Å². The second-order valence-electron chi connectivity index (χ2n) is 10.5. The Morgan fingerprint density at radius 2 is 1.36 bits per heavy atom. The van der Waals surface area contributed by atoms with E-state index in [1.807, 2.05) is 6.07 Å². The van der Waals surface area contributed by atoms with Crippen LogP contribution in [0.5, 0.6) is 0 Å². The molecule has 2 heteroatoms. The lowest BCUT2D eigenvalue weighted by Crippen LogP contribution is -2.35. The molecule has 182 valence electrons. The third-order valence-corrected chi connectivity index (χ3v) is 8.24. The van der Waals surface area contributed by atoms with Crippen LogP contribution < -0.4 is 0 Å². The third-order valence-electron chi connectivity index (χ3n) is 8.24. The van der Waals surface area contributed by atoms with E-state index in [0.717, 1.165) is 50.9 Å². The molecule has 5 rings (SSSR count).